The van der Waals surface area contributed by atoms with Gasteiger partial charge in [-0.1, -0.05) is 32.0 Å². The maximum absolute atomic E-state index is 15.1. The summed E-state index contributed by atoms with van der Waals surface area (Å²) in [5.41, 5.74) is -14.9. The minimum Gasteiger partial charge on any atom is -0.455 e. The van der Waals surface area contributed by atoms with E-state index >= 15 is 4.79 Å². The third-order valence-electron chi connectivity index (χ3n) is 10.7. The van der Waals surface area contributed by atoms with E-state index in [1.807, 2.05) is 0 Å². The smallest absolute Gasteiger partial charge is 0.455 e. The van der Waals surface area contributed by atoms with E-state index in [1.165, 1.54) is 45.0 Å². The number of aliphatic hydroxyl groups excluding tert-OH is 1. The molecule has 2 N–H and O–H groups in total. The van der Waals surface area contributed by atoms with Gasteiger partial charge in [0.1, 0.15) is 17.8 Å². The van der Waals surface area contributed by atoms with Crippen molar-refractivity contribution in [2.24, 2.45) is 16.7 Å². The Labute approximate surface area is 279 Å². The standard InChI is InChI=1S/C32H37F3O13S/c1-15-19(38)13-31(41)26(46-27(40)18-10-8-7-9-11-18)24-29(6,25(39)23(45-16(2)36)22(15)28(31,4)5)20(48-49(42,43)32(33,34)35)12-21-30(24,14-44-21)47-17(3)37/h7-11,19-21,23-24,26,38,41H,12-14H2,1-6H3. The van der Waals surface area contributed by atoms with Crippen LogP contribution in [0.25, 0.3) is 0 Å². The molecule has 1 heterocycles. The third kappa shape index (κ3) is 5.48. The van der Waals surface area contributed by atoms with Gasteiger partial charge in [-0.25, -0.2) is 4.79 Å². The monoisotopic (exact) mass is 718 g/mol. The van der Waals surface area contributed by atoms with Crippen LogP contribution in [0.5, 0.6) is 0 Å². The molecule has 0 spiro atoms. The van der Waals surface area contributed by atoms with Gasteiger partial charge in [0.25, 0.3) is 0 Å². The number of rotatable bonds is 6. The molecule has 2 saturated carbocycles. The SMILES string of the molecule is CC(=O)OC1C(=O)C2(C)C(OS(=O)(=O)C(F)(F)F)CC3OCC3(OC(C)=O)C2C(OC(=O)c2ccccc2)C2(O)CC(O)C(C)=C1C2(C)C. The molecule has 0 aromatic heterocycles. The zero-order valence-corrected chi connectivity index (χ0v) is 28.2. The molecule has 0 radical (unpaired) electrons. The van der Waals surface area contributed by atoms with Crippen LogP contribution in [-0.2, 0) is 47.6 Å². The first-order chi connectivity index (χ1) is 22.5. The highest BCUT2D eigenvalue weighted by Crippen LogP contribution is 2.65. The van der Waals surface area contributed by atoms with E-state index < -0.39 is 117 Å². The van der Waals surface area contributed by atoms with Crippen LogP contribution in [0.2, 0.25) is 0 Å². The van der Waals surface area contributed by atoms with Crippen LogP contribution in [-0.4, -0.2) is 96.2 Å². The van der Waals surface area contributed by atoms with Crippen LogP contribution in [0.15, 0.2) is 41.5 Å². The van der Waals surface area contributed by atoms with Crippen molar-refractivity contribution in [3.05, 3.63) is 47.0 Å². The lowest BCUT2D eigenvalue weighted by molar-refractivity contribution is -0.344. The molecule has 3 fully saturated rings. The molecule has 17 heteroatoms. The number of carbonyl (C=O) groups is 4. The fraction of sp³-hybridized carbons (Fsp3) is 0.625. The molecular weight excluding hydrogens is 681 g/mol. The van der Waals surface area contributed by atoms with Gasteiger partial charge in [0.05, 0.1) is 35.7 Å². The van der Waals surface area contributed by atoms with Crippen LogP contribution in [0.3, 0.4) is 0 Å². The summed E-state index contributed by atoms with van der Waals surface area (Å²) >= 11 is 0. The van der Waals surface area contributed by atoms with Crippen molar-refractivity contribution in [1.82, 2.24) is 0 Å². The first-order valence-corrected chi connectivity index (χ1v) is 16.8. The number of hydrogen-bond donors (Lipinski definition) is 2. The molecule has 3 aliphatic carbocycles. The number of benzene rings is 1. The van der Waals surface area contributed by atoms with E-state index in [1.54, 1.807) is 6.07 Å². The van der Waals surface area contributed by atoms with Gasteiger partial charge in [0, 0.05) is 32.1 Å². The van der Waals surface area contributed by atoms with E-state index in [0.29, 0.717) is 0 Å². The summed E-state index contributed by atoms with van der Waals surface area (Å²) in [4.78, 5) is 54.2. The molecule has 49 heavy (non-hydrogen) atoms. The lowest BCUT2D eigenvalue weighted by Gasteiger charge is -2.67. The quantitative estimate of drug-likeness (QED) is 0.144. The minimum absolute atomic E-state index is 0.0497. The number of fused-ring (bicyclic) bond motifs is 5. The van der Waals surface area contributed by atoms with Crippen LogP contribution >= 0.6 is 0 Å². The number of ketones is 1. The van der Waals surface area contributed by atoms with E-state index in [4.69, 9.17) is 23.1 Å². The molecular formula is C32H37F3O13S. The molecule has 1 aromatic rings. The largest absolute Gasteiger partial charge is 0.523 e. The van der Waals surface area contributed by atoms with E-state index in [9.17, 15) is 46.2 Å². The Kier molecular flexibility index (Phi) is 8.93. The lowest BCUT2D eigenvalue weighted by Crippen LogP contribution is -2.82. The summed E-state index contributed by atoms with van der Waals surface area (Å²) in [6.07, 6.45) is -10.7. The molecule has 13 nitrogen and oxygen atoms in total. The molecule has 1 aliphatic heterocycles. The van der Waals surface area contributed by atoms with E-state index in [-0.39, 0.29) is 16.7 Å². The Morgan fingerprint density at radius 3 is 2.14 bits per heavy atom. The average molecular weight is 719 g/mol. The molecule has 1 saturated heterocycles. The average Bonchev–Trinajstić information content (AvgIpc) is 2.97. The Hall–Kier alpha value is -3.38. The summed E-state index contributed by atoms with van der Waals surface area (Å²) < 4.78 is 94.5. The Bertz CT molecular complexity index is 1710. The summed E-state index contributed by atoms with van der Waals surface area (Å²) in [6.45, 7) is 6.72. The second kappa shape index (κ2) is 11.9. The Balaban J connectivity index is 1.89. The fourth-order valence-electron chi connectivity index (χ4n) is 8.23. The van der Waals surface area contributed by atoms with Crippen LogP contribution in [0.1, 0.15) is 64.7 Å². The predicted octanol–water partition coefficient (Wildman–Crippen LogP) is 2.53. The number of alkyl halides is 3. The molecule has 9 unspecified atom stereocenters. The summed E-state index contributed by atoms with van der Waals surface area (Å²) in [5.74, 6) is -6.21. The second-order valence-electron chi connectivity index (χ2n) is 13.7. The topological polar surface area (TPSA) is 189 Å². The number of aliphatic hydroxyl groups is 2. The van der Waals surface area contributed by atoms with Crippen molar-refractivity contribution in [2.45, 2.75) is 102 Å². The first kappa shape index (κ1) is 36.9. The highest BCUT2D eigenvalue weighted by atomic mass is 32.2. The van der Waals surface area contributed by atoms with Crippen molar-refractivity contribution >= 4 is 33.8 Å². The maximum atomic E-state index is 15.1. The molecule has 1 aromatic carbocycles. The van der Waals surface area contributed by atoms with Crippen molar-refractivity contribution in [3.63, 3.8) is 0 Å². The number of hydrogen-bond acceptors (Lipinski definition) is 13. The predicted molar refractivity (Wildman–Crippen MR) is 159 cm³/mol. The van der Waals surface area contributed by atoms with Gasteiger partial charge in [0.15, 0.2) is 17.5 Å². The van der Waals surface area contributed by atoms with Crippen molar-refractivity contribution in [2.75, 3.05) is 6.61 Å². The number of Topliss-reactive ketones (excluding diaryl/α,β-unsaturated/α-hetero) is 1. The molecule has 2 bridgehead atoms. The highest BCUT2D eigenvalue weighted by molar-refractivity contribution is 7.87. The third-order valence-corrected chi connectivity index (χ3v) is 11.8. The summed E-state index contributed by atoms with van der Waals surface area (Å²) in [6, 6.07) is 7.34. The first-order valence-electron chi connectivity index (χ1n) is 15.4. The summed E-state index contributed by atoms with van der Waals surface area (Å²) in [5, 5.41) is 24.3. The van der Waals surface area contributed by atoms with Crippen molar-refractivity contribution in [1.29, 1.82) is 0 Å². The zero-order chi connectivity index (χ0) is 36.7. The maximum Gasteiger partial charge on any atom is 0.523 e. The van der Waals surface area contributed by atoms with Gasteiger partial charge in [-0.3, -0.25) is 18.6 Å². The molecule has 0 amide bonds. The number of ether oxygens (including phenoxy) is 4. The van der Waals surface area contributed by atoms with Gasteiger partial charge < -0.3 is 29.2 Å². The van der Waals surface area contributed by atoms with Gasteiger partial charge in [-0.2, -0.15) is 21.6 Å². The van der Waals surface area contributed by atoms with Gasteiger partial charge >= 0.3 is 33.5 Å². The minimum atomic E-state index is -6.44. The van der Waals surface area contributed by atoms with Gasteiger partial charge in [-0.15, -0.1) is 0 Å². The Morgan fingerprint density at radius 2 is 1.63 bits per heavy atom. The van der Waals surface area contributed by atoms with Gasteiger partial charge in [-0.05, 0) is 37.1 Å². The molecule has 5 rings (SSSR count). The molecule has 4 aliphatic rings. The summed E-state index contributed by atoms with van der Waals surface area (Å²) in [7, 11) is -6.44. The highest BCUT2D eigenvalue weighted by Gasteiger charge is 2.79. The van der Waals surface area contributed by atoms with Crippen LogP contribution < -0.4 is 0 Å². The van der Waals surface area contributed by atoms with Crippen molar-refractivity contribution < 1.29 is 74.1 Å². The Morgan fingerprint density at radius 1 is 1.02 bits per heavy atom. The lowest BCUT2D eigenvalue weighted by atomic mass is 9.44. The van der Waals surface area contributed by atoms with E-state index in [0.717, 1.165) is 20.8 Å². The van der Waals surface area contributed by atoms with E-state index in [2.05, 4.69) is 0 Å². The van der Waals surface area contributed by atoms with Crippen molar-refractivity contribution in [3.8, 4) is 0 Å². The molecule has 270 valence electrons. The second-order valence-corrected chi connectivity index (χ2v) is 15.3. The van der Waals surface area contributed by atoms with Crippen LogP contribution in [0.4, 0.5) is 13.2 Å². The normalized spacial score (nSPS) is 37.0. The zero-order valence-electron chi connectivity index (χ0n) is 27.4. The fourth-order valence-corrected chi connectivity index (χ4v) is 8.92. The number of esters is 3. The van der Waals surface area contributed by atoms with Crippen LogP contribution in [0, 0.1) is 16.7 Å². The number of halogens is 3. The number of carbonyl (C=O) groups excluding carboxylic acids is 4. The van der Waals surface area contributed by atoms with Gasteiger partial charge in [0.2, 0.25) is 0 Å². The molecule has 9 atom stereocenters.